The lowest BCUT2D eigenvalue weighted by Crippen LogP contribution is -2.35. The van der Waals surface area contributed by atoms with Crippen LogP contribution in [0.5, 0.6) is 0 Å². The van der Waals surface area contributed by atoms with Gasteiger partial charge in [0.05, 0.1) is 17.6 Å². The van der Waals surface area contributed by atoms with Gasteiger partial charge < -0.3 is 15.2 Å². The molecule has 8 heteroatoms. The molecule has 0 radical (unpaired) electrons. The number of nitrogens with one attached hydrogen (secondary N) is 1. The molecule has 0 saturated heterocycles. The minimum Gasteiger partial charge on any atom is -0.478 e. The topological polar surface area (TPSA) is 119 Å². The Labute approximate surface area is 120 Å². The summed E-state index contributed by atoms with van der Waals surface area (Å²) in [6.07, 6.45) is 0. The summed E-state index contributed by atoms with van der Waals surface area (Å²) >= 11 is 0. The van der Waals surface area contributed by atoms with Crippen LogP contribution in [0.3, 0.4) is 0 Å². The van der Waals surface area contributed by atoms with E-state index in [1.54, 1.807) is 13.8 Å². The minimum absolute atomic E-state index is 0.0640. The van der Waals surface area contributed by atoms with Crippen LogP contribution in [0.1, 0.15) is 24.2 Å². The van der Waals surface area contributed by atoms with E-state index >= 15 is 0 Å². The van der Waals surface area contributed by atoms with Gasteiger partial charge in [-0.3, -0.25) is 10.1 Å². The van der Waals surface area contributed by atoms with E-state index < -0.39 is 28.6 Å². The molecule has 0 aliphatic rings. The summed E-state index contributed by atoms with van der Waals surface area (Å²) in [7, 11) is 1.22. The van der Waals surface area contributed by atoms with E-state index in [2.05, 4.69) is 10.1 Å². The number of carbonyl (C=O) groups excluding carboxylic acids is 1. The number of hydrogen-bond donors (Lipinski definition) is 2. The fourth-order valence-electron chi connectivity index (χ4n) is 1.73. The second-order valence-corrected chi connectivity index (χ2v) is 4.68. The summed E-state index contributed by atoms with van der Waals surface area (Å²) in [6.45, 7) is 3.51. The van der Waals surface area contributed by atoms with Gasteiger partial charge in [-0.1, -0.05) is 13.8 Å². The maximum Gasteiger partial charge on any atom is 0.335 e. The first-order chi connectivity index (χ1) is 9.77. The highest BCUT2D eigenvalue weighted by Crippen LogP contribution is 2.27. The number of nitro groups is 1. The summed E-state index contributed by atoms with van der Waals surface area (Å²) < 4.78 is 4.64. The van der Waals surface area contributed by atoms with Crippen LogP contribution >= 0.6 is 0 Å². The Kier molecular flexibility index (Phi) is 5.23. The molecule has 0 aliphatic carbocycles. The van der Waals surface area contributed by atoms with Gasteiger partial charge in [-0.25, -0.2) is 9.59 Å². The monoisotopic (exact) mass is 296 g/mol. The maximum atomic E-state index is 11.7. The SMILES string of the molecule is COC(=O)C(Nc1ccc(C(=O)O)cc1[N+](=O)[O-])C(C)C. The summed E-state index contributed by atoms with van der Waals surface area (Å²) in [5.41, 5.74) is -0.551. The number of anilines is 1. The summed E-state index contributed by atoms with van der Waals surface area (Å²) in [5, 5.41) is 22.6. The van der Waals surface area contributed by atoms with E-state index in [1.807, 2.05) is 0 Å². The third-order valence-corrected chi connectivity index (χ3v) is 2.87. The molecule has 1 aromatic carbocycles. The molecule has 2 N–H and O–H groups in total. The van der Waals surface area contributed by atoms with Crippen LogP contribution in [0.25, 0.3) is 0 Å². The largest absolute Gasteiger partial charge is 0.478 e. The van der Waals surface area contributed by atoms with E-state index in [4.69, 9.17) is 5.11 Å². The average Bonchev–Trinajstić information content (AvgIpc) is 2.43. The molecule has 0 fully saturated rings. The first-order valence-electron chi connectivity index (χ1n) is 6.14. The van der Waals surface area contributed by atoms with Gasteiger partial charge in [0.15, 0.2) is 0 Å². The van der Waals surface area contributed by atoms with Crippen LogP contribution in [0.15, 0.2) is 18.2 Å². The number of aromatic carboxylic acids is 1. The molecule has 0 saturated carbocycles. The van der Waals surface area contributed by atoms with Gasteiger partial charge in [0.25, 0.3) is 5.69 Å². The molecular weight excluding hydrogens is 280 g/mol. The number of carbonyl (C=O) groups is 2. The molecule has 0 bridgehead atoms. The van der Waals surface area contributed by atoms with E-state index in [1.165, 1.54) is 19.2 Å². The lowest BCUT2D eigenvalue weighted by atomic mass is 10.0. The molecule has 0 spiro atoms. The van der Waals surface area contributed by atoms with Crippen molar-refractivity contribution in [2.24, 2.45) is 5.92 Å². The van der Waals surface area contributed by atoms with Crippen molar-refractivity contribution in [3.8, 4) is 0 Å². The molecule has 8 nitrogen and oxygen atoms in total. The van der Waals surface area contributed by atoms with Gasteiger partial charge in [0, 0.05) is 6.07 Å². The zero-order valence-corrected chi connectivity index (χ0v) is 11.8. The third kappa shape index (κ3) is 3.91. The molecule has 1 aromatic rings. The molecular formula is C13H16N2O6. The van der Waals surface area contributed by atoms with E-state index in [9.17, 15) is 19.7 Å². The predicted octanol–water partition coefficient (Wildman–Crippen LogP) is 1.90. The molecule has 0 heterocycles. The van der Waals surface area contributed by atoms with Crippen LogP contribution < -0.4 is 5.32 Å². The zero-order chi connectivity index (χ0) is 16.2. The van der Waals surface area contributed by atoms with Crippen molar-refractivity contribution in [1.82, 2.24) is 0 Å². The number of carboxylic acids is 1. The Balaban J connectivity index is 3.20. The van der Waals surface area contributed by atoms with Crippen molar-refractivity contribution < 1.29 is 24.4 Å². The van der Waals surface area contributed by atoms with E-state index in [-0.39, 0.29) is 17.2 Å². The van der Waals surface area contributed by atoms with Gasteiger partial charge in [0.1, 0.15) is 11.7 Å². The molecule has 0 aliphatic heterocycles. The Morgan fingerprint density at radius 1 is 1.38 bits per heavy atom. The fourth-order valence-corrected chi connectivity index (χ4v) is 1.73. The number of nitrogens with zero attached hydrogens (tertiary/aromatic N) is 1. The van der Waals surface area contributed by atoms with Crippen LogP contribution in [-0.4, -0.2) is 35.1 Å². The quantitative estimate of drug-likeness (QED) is 0.467. The van der Waals surface area contributed by atoms with Crippen molar-refractivity contribution in [2.45, 2.75) is 19.9 Å². The maximum absolute atomic E-state index is 11.7. The number of ether oxygens (including phenoxy) is 1. The van der Waals surface area contributed by atoms with Crippen LogP contribution in [0.4, 0.5) is 11.4 Å². The molecule has 114 valence electrons. The van der Waals surface area contributed by atoms with Crippen molar-refractivity contribution in [3.63, 3.8) is 0 Å². The van der Waals surface area contributed by atoms with E-state index in [0.717, 1.165) is 6.07 Å². The van der Waals surface area contributed by atoms with Crippen LogP contribution in [-0.2, 0) is 9.53 Å². The molecule has 1 rings (SSSR count). The normalized spacial score (nSPS) is 11.8. The first kappa shape index (κ1) is 16.4. The van der Waals surface area contributed by atoms with Gasteiger partial charge in [-0.05, 0) is 18.1 Å². The van der Waals surface area contributed by atoms with Gasteiger partial charge in [-0.2, -0.15) is 0 Å². The number of benzene rings is 1. The van der Waals surface area contributed by atoms with Crippen molar-refractivity contribution >= 4 is 23.3 Å². The highest BCUT2D eigenvalue weighted by Gasteiger charge is 2.26. The van der Waals surface area contributed by atoms with E-state index in [0.29, 0.717) is 0 Å². The number of rotatable bonds is 6. The first-order valence-corrected chi connectivity index (χ1v) is 6.14. The summed E-state index contributed by atoms with van der Waals surface area (Å²) in [5.74, 6) is -1.99. The minimum atomic E-state index is -1.27. The molecule has 0 aromatic heterocycles. The third-order valence-electron chi connectivity index (χ3n) is 2.87. The van der Waals surface area contributed by atoms with Gasteiger partial charge in [0.2, 0.25) is 0 Å². The number of hydrogen-bond acceptors (Lipinski definition) is 6. The molecule has 1 atom stereocenters. The second kappa shape index (κ2) is 6.69. The average molecular weight is 296 g/mol. The van der Waals surface area contributed by atoms with Crippen molar-refractivity contribution in [2.75, 3.05) is 12.4 Å². The van der Waals surface area contributed by atoms with Gasteiger partial charge in [-0.15, -0.1) is 0 Å². The zero-order valence-electron chi connectivity index (χ0n) is 11.8. The Bertz CT molecular complexity index is 570. The lowest BCUT2D eigenvalue weighted by molar-refractivity contribution is -0.384. The fraction of sp³-hybridized carbons (Fsp3) is 0.385. The second-order valence-electron chi connectivity index (χ2n) is 4.68. The predicted molar refractivity (Wildman–Crippen MR) is 74.3 cm³/mol. The highest BCUT2D eigenvalue weighted by atomic mass is 16.6. The summed E-state index contributed by atoms with van der Waals surface area (Å²) in [6, 6.07) is 2.66. The highest BCUT2D eigenvalue weighted by molar-refractivity contribution is 5.90. The number of esters is 1. The number of nitro benzene ring substituents is 1. The standard InChI is InChI=1S/C13H16N2O6/c1-7(2)11(13(18)21-3)14-9-5-4-8(12(16)17)6-10(9)15(19)20/h4-7,11,14H,1-3H3,(H,16,17). The van der Waals surface area contributed by atoms with Crippen LogP contribution in [0.2, 0.25) is 0 Å². The Morgan fingerprint density at radius 2 is 2.00 bits per heavy atom. The Morgan fingerprint density at radius 3 is 2.43 bits per heavy atom. The molecule has 1 unspecified atom stereocenters. The van der Waals surface area contributed by atoms with Crippen molar-refractivity contribution in [1.29, 1.82) is 0 Å². The molecule has 21 heavy (non-hydrogen) atoms. The Hall–Kier alpha value is -2.64. The summed E-state index contributed by atoms with van der Waals surface area (Å²) in [4.78, 5) is 32.9. The van der Waals surface area contributed by atoms with Crippen molar-refractivity contribution in [3.05, 3.63) is 33.9 Å². The number of methoxy groups -OCH3 is 1. The number of carboxylic acid groups (broad SMARTS) is 1. The smallest absolute Gasteiger partial charge is 0.335 e. The van der Waals surface area contributed by atoms with Gasteiger partial charge >= 0.3 is 11.9 Å². The lowest BCUT2D eigenvalue weighted by Gasteiger charge is -2.20. The molecule has 0 amide bonds. The van der Waals surface area contributed by atoms with Crippen LogP contribution in [0, 0.1) is 16.0 Å².